The van der Waals surface area contributed by atoms with Gasteiger partial charge in [0.25, 0.3) is 5.69 Å². The number of aliphatic hydroxyl groups is 6. The Morgan fingerprint density at radius 2 is 0.653 bits per heavy atom. The standard InChI is InChI=1S/C19H14ClNO4.C17H16ClNO5.C16H13Cl2NO4.C15H11Cl2NO4.C15H11ClN2O6/c20-19(21(23)24)17(22)15-7-3-4-8-16(15)25-18(19)14-10-9-12-5-1-2-6-13(12)11-14;1-10-2-5-12(6-3-10)16-17(18,19(22)23)15(21)13-7-4-11(9-20)8-14(13)24-16;1-9-2-4-10(5-3-9)15-16(18,19(21)22)14(20)12-8-11(17)6-7-13(12)23-15;16-11-7-3-1-5-9(11)14-15(17,18(20)21)13(19)10-6-2-4-8-12(10)22-14;16-15(18(22)23)13(19)10-6-2-4-8-12(10)24-14(15)9-5-1-3-7-11(9)17(20)21/h1-11,17-18,22H;2-8,15-16,20-21H,9H2,1H3;2-8,14-15,20H,1H3;1-8,13-14,19H;1-8,13-14,19H/t17-,18-,19+;15-,16-,17+;14-,15-,16+;2*13-,14-,15+/m00000/s1. The van der Waals surface area contributed by atoms with Crippen LogP contribution in [0.15, 0.2) is 249 Å². The van der Waals surface area contributed by atoms with Crippen molar-refractivity contribution < 1.29 is 83.9 Å². The van der Waals surface area contributed by atoms with Crippen molar-refractivity contribution >= 4 is 97.7 Å². The molecule has 0 spiro atoms. The van der Waals surface area contributed by atoms with E-state index in [4.69, 9.17) is 105 Å². The third kappa shape index (κ3) is 16.0. The quantitative estimate of drug-likeness (QED) is 0.0286. The fraction of sp³-hybridized carbons (Fsp3) is 0.220. The molecule has 5 aliphatic rings. The zero-order chi connectivity index (χ0) is 85.3. The van der Waals surface area contributed by atoms with Gasteiger partial charge in [0.05, 0.1) is 41.7 Å². The summed E-state index contributed by atoms with van der Waals surface area (Å²) >= 11 is 43.3. The van der Waals surface area contributed by atoms with Crippen LogP contribution in [-0.2, 0) is 6.61 Å². The van der Waals surface area contributed by atoms with Crippen LogP contribution in [0.5, 0.6) is 28.7 Å². The molecule has 36 heteroatoms. The summed E-state index contributed by atoms with van der Waals surface area (Å²) in [6.07, 6.45) is -14.0. The highest BCUT2D eigenvalue weighted by atomic mass is 35.5. The highest BCUT2D eigenvalue weighted by Gasteiger charge is 2.67. The van der Waals surface area contributed by atoms with Crippen molar-refractivity contribution in [3.05, 3.63) is 392 Å². The lowest BCUT2D eigenvalue weighted by atomic mass is 9.89. The van der Waals surface area contributed by atoms with Crippen molar-refractivity contribution in [2.24, 2.45) is 0 Å². The van der Waals surface area contributed by atoms with Gasteiger partial charge in [-0.25, -0.2) is 0 Å². The Labute approximate surface area is 704 Å². The van der Waals surface area contributed by atoms with Gasteiger partial charge in [0.1, 0.15) is 28.7 Å². The lowest BCUT2D eigenvalue weighted by molar-refractivity contribution is -0.571. The molecule has 5 aliphatic heterocycles. The molecule has 118 heavy (non-hydrogen) atoms. The van der Waals surface area contributed by atoms with Crippen LogP contribution in [0.25, 0.3) is 10.8 Å². The summed E-state index contributed by atoms with van der Waals surface area (Å²) in [5.41, 5.74) is 5.17. The van der Waals surface area contributed by atoms with Crippen LogP contribution >= 0.6 is 81.2 Å². The van der Waals surface area contributed by atoms with E-state index in [0.717, 1.165) is 21.9 Å². The predicted molar refractivity (Wildman–Crippen MR) is 434 cm³/mol. The van der Waals surface area contributed by atoms with E-state index in [0.29, 0.717) is 55.7 Å². The predicted octanol–water partition coefficient (Wildman–Crippen LogP) is 17.8. The number of nitro benzene ring substituents is 1. The third-order valence-electron chi connectivity index (χ3n) is 20.3. The Bertz CT molecular complexity index is 5680. The molecule has 0 radical (unpaired) electrons. The molecule has 16 rings (SSSR count). The maximum absolute atomic E-state index is 11.8. The first kappa shape index (κ1) is 86.2. The first-order chi connectivity index (χ1) is 56.0. The van der Waals surface area contributed by atoms with Crippen LogP contribution in [-0.4, -0.2) is 85.2 Å². The second kappa shape index (κ2) is 34.8. The summed E-state index contributed by atoms with van der Waals surface area (Å²) in [7, 11) is 0. The fourth-order valence-corrected chi connectivity index (χ4v) is 15.8. The Morgan fingerprint density at radius 3 is 1.08 bits per heavy atom. The Balaban J connectivity index is 0.000000136. The van der Waals surface area contributed by atoms with Crippen molar-refractivity contribution in [1.29, 1.82) is 0 Å². The lowest BCUT2D eigenvalue weighted by Gasteiger charge is -2.37. The second-order valence-corrected chi connectivity index (χ2v) is 31.4. The number of rotatable bonds is 12. The molecule has 0 aliphatic carbocycles. The van der Waals surface area contributed by atoms with E-state index in [1.807, 2.05) is 44.2 Å². The summed E-state index contributed by atoms with van der Waals surface area (Å²) < 4.78 is 28.8. The normalized spacial score (nSPS) is 25.9. The maximum Gasteiger partial charge on any atom is 0.365 e. The molecule has 6 N–H and O–H groups in total. The Hall–Kier alpha value is -11.1. The van der Waals surface area contributed by atoms with E-state index in [2.05, 4.69) is 0 Å². The molecule has 0 bridgehead atoms. The molecule has 0 saturated heterocycles. The number of ether oxygens (including phenoxy) is 5. The van der Waals surface area contributed by atoms with E-state index in [1.165, 1.54) is 48.5 Å². The highest BCUT2D eigenvalue weighted by Crippen LogP contribution is 2.58. The largest absolute Gasteiger partial charge is 0.476 e. The second-order valence-electron chi connectivity index (χ2n) is 27.5. The van der Waals surface area contributed by atoms with Crippen LogP contribution in [0.3, 0.4) is 0 Å². The van der Waals surface area contributed by atoms with Crippen LogP contribution < -0.4 is 23.7 Å². The summed E-state index contributed by atoms with van der Waals surface area (Å²) in [6, 6.07) is 67.6. The molecule has 0 unspecified atom stereocenters. The molecule has 0 saturated carbocycles. The van der Waals surface area contributed by atoms with Crippen molar-refractivity contribution in [1.82, 2.24) is 0 Å². The monoisotopic (exact) mass is 1750 g/mol. The SMILES string of the molecule is Cc1ccc([C@@H]2Oc3cc(CO)ccc3[C@H](O)[C@@]2(Cl)[N+](=O)[O-])cc1.Cc1ccc([C@@H]2Oc3ccc(Cl)cc3[C@H](O)[C@@]2(Cl)[N+](=O)[O-])cc1.O=[N+]([O-])[C@]1(Cl)[C@@H](O)c2ccccc2O[C@H]1c1ccc2ccccc2c1.O=[N+]([O-])[C@]1(Cl)[C@@H](O)c2ccccc2O[C@H]1c1ccccc1Cl.O=[N+]([O-])c1ccccc1[C@@H]1Oc2ccccc2[C@H](O)[C@@]1(Cl)[N+](=O)[O-]. The molecule has 11 aromatic rings. The summed E-state index contributed by atoms with van der Waals surface area (Å²) in [4.78, 5) is 53.7. The fourth-order valence-electron chi connectivity index (χ4n) is 14.0. The first-order valence-electron chi connectivity index (χ1n) is 35.4. The van der Waals surface area contributed by atoms with Crippen molar-refractivity contribution in [2.45, 2.75) is 106 Å². The molecular weight excluding hydrogens is 1690 g/mol. The van der Waals surface area contributed by atoms with Gasteiger partial charge in [0.2, 0.25) is 30.5 Å². The Morgan fingerprint density at radius 1 is 0.322 bits per heavy atom. The Kier molecular flexibility index (Phi) is 25.4. The number of halogens is 7. The van der Waals surface area contributed by atoms with Gasteiger partial charge in [-0.1, -0.05) is 216 Å². The smallest absolute Gasteiger partial charge is 0.365 e. The van der Waals surface area contributed by atoms with Gasteiger partial charge in [-0.2, -0.15) is 0 Å². The van der Waals surface area contributed by atoms with Gasteiger partial charge in [0.15, 0.2) is 30.5 Å². The van der Waals surface area contributed by atoms with E-state index < -0.39 is 116 Å². The lowest BCUT2D eigenvalue weighted by Crippen LogP contribution is -2.49. The van der Waals surface area contributed by atoms with Gasteiger partial charge in [-0.3, -0.25) is 60.7 Å². The highest BCUT2D eigenvalue weighted by molar-refractivity contribution is 6.32. The van der Waals surface area contributed by atoms with Crippen molar-refractivity contribution in [3.8, 4) is 28.7 Å². The van der Waals surface area contributed by atoms with Crippen LogP contribution in [0.2, 0.25) is 10.0 Å². The molecule has 15 atom stereocenters. The number of aryl methyl sites for hydroxylation is 2. The number of nitro groups is 6. The van der Waals surface area contributed by atoms with Gasteiger partial charge in [-0.15, -0.1) is 0 Å². The minimum atomic E-state index is -2.50. The van der Waals surface area contributed by atoms with E-state index in [9.17, 15) is 91.3 Å². The van der Waals surface area contributed by atoms with Crippen LogP contribution in [0.4, 0.5) is 5.69 Å². The zero-order valence-corrected chi connectivity index (χ0v) is 66.4. The van der Waals surface area contributed by atoms with E-state index >= 15 is 0 Å². The number of alkyl halides is 5. The number of benzene rings is 11. The molecule has 610 valence electrons. The number of fused-ring (bicyclic) bond motifs is 6. The number of nitrogens with zero attached hydrogens (tertiary/aromatic N) is 6. The third-order valence-corrected chi connectivity index (χ3v) is 23.6. The van der Waals surface area contributed by atoms with Crippen LogP contribution in [0, 0.1) is 74.5 Å². The number of hydrogen-bond donors (Lipinski definition) is 6. The number of hydrogen-bond acceptors (Lipinski definition) is 23. The number of para-hydroxylation sites is 4. The van der Waals surface area contributed by atoms with Gasteiger partial charge < -0.3 is 54.3 Å². The molecule has 29 nitrogen and oxygen atoms in total. The maximum atomic E-state index is 11.8. The van der Waals surface area contributed by atoms with Gasteiger partial charge >= 0.3 is 25.0 Å². The molecule has 0 aromatic heterocycles. The summed E-state index contributed by atoms with van der Waals surface area (Å²) in [5, 5.41) is 134. The molecular formula is C82H65Cl7N6O23. The molecule has 0 fully saturated rings. The molecule has 5 heterocycles. The summed E-state index contributed by atoms with van der Waals surface area (Å²) in [6.45, 7) is 3.59. The zero-order valence-electron chi connectivity index (χ0n) is 61.1. The minimum Gasteiger partial charge on any atom is -0.476 e. The van der Waals surface area contributed by atoms with Gasteiger partial charge in [0, 0.05) is 66.2 Å². The summed E-state index contributed by atoms with van der Waals surface area (Å²) in [5.74, 6) is 1.53. The first-order valence-corrected chi connectivity index (χ1v) is 38.0. The average molecular weight is 1750 g/mol. The van der Waals surface area contributed by atoms with Gasteiger partial charge in [-0.05, 0) is 149 Å². The van der Waals surface area contributed by atoms with E-state index in [1.54, 1.807) is 170 Å². The van der Waals surface area contributed by atoms with Crippen molar-refractivity contribution in [3.63, 3.8) is 0 Å². The topological polar surface area (TPSA) is 426 Å². The van der Waals surface area contributed by atoms with Crippen molar-refractivity contribution in [2.75, 3.05) is 0 Å². The van der Waals surface area contributed by atoms with E-state index in [-0.39, 0.29) is 56.6 Å². The molecule has 11 aromatic carbocycles. The number of aliphatic hydroxyl groups excluding tert-OH is 6. The minimum absolute atomic E-state index is 0.0808. The van der Waals surface area contributed by atoms with Crippen LogP contribution in [0.1, 0.15) is 133 Å². The average Bonchev–Trinajstić information content (AvgIpc) is 0.745. The molecule has 0 amide bonds.